The van der Waals surface area contributed by atoms with Crippen LogP contribution in [0.5, 0.6) is 0 Å². The highest BCUT2D eigenvalue weighted by atomic mass is 14.3. The van der Waals surface area contributed by atoms with Gasteiger partial charge in [-0.3, -0.25) is 0 Å². The van der Waals surface area contributed by atoms with E-state index in [-0.39, 0.29) is 0 Å². The van der Waals surface area contributed by atoms with Gasteiger partial charge in [0.2, 0.25) is 0 Å². The van der Waals surface area contributed by atoms with Gasteiger partial charge < -0.3 is 0 Å². The zero-order valence-corrected chi connectivity index (χ0v) is 10.5. The molecule has 0 aliphatic heterocycles. The second kappa shape index (κ2) is 3.73. The molecule has 3 rings (SSSR count). The summed E-state index contributed by atoms with van der Waals surface area (Å²) in [5, 5.41) is 0. The second-order valence-corrected chi connectivity index (χ2v) is 5.83. The Morgan fingerprint density at radius 2 is 1.12 bits per heavy atom. The van der Waals surface area contributed by atoms with E-state index >= 15 is 0 Å². The van der Waals surface area contributed by atoms with Gasteiger partial charge in [0.1, 0.15) is 0 Å². The van der Waals surface area contributed by atoms with E-state index in [4.69, 9.17) is 0 Å². The number of hydrogen-bond donors (Lipinski definition) is 0. The smallest absolute Gasteiger partial charge is 0.0149 e. The standard InChI is InChI=1S/C17H18/c1-17(2)11-13-7-3-5-9-15(13)16-10-6-4-8-14(16)12-17/h3-10H,11-12H2,1-2H3. The third-order valence-electron chi connectivity index (χ3n) is 3.66. The first-order valence-electron chi connectivity index (χ1n) is 6.32. The minimum atomic E-state index is 0.350. The maximum absolute atomic E-state index is 2.37. The molecule has 0 N–H and O–H groups in total. The monoisotopic (exact) mass is 222 g/mol. The second-order valence-electron chi connectivity index (χ2n) is 5.83. The minimum absolute atomic E-state index is 0.350. The van der Waals surface area contributed by atoms with Crippen molar-refractivity contribution in [3.8, 4) is 11.1 Å². The van der Waals surface area contributed by atoms with Gasteiger partial charge in [-0.05, 0) is 40.5 Å². The molecule has 0 amide bonds. The normalized spacial score (nSPS) is 16.8. The summed E-state index contributed by atoms with van der Waals surface area (Å²) in [6, 6.07) is 17.7. The largest absolute Gasteiger partial charge is 0.0620 e. The zero-order chi connectivity index (χ0) is 11.9. The predicted molar refractivity (Wildman–Crippen MR) is 73.1 cm³/mol. The number of rotatable bonds is 0. The third kappa shape index (κ3) is 1.88. The van der Waals surface area contributed by atoms with Gasteiger partial charge >= 0.3 is 0 Å². The van der Waals surface area contributed by atoms with Gasteiger partial charge in [-0.25, -0.2) is 0 Å². The van der Waals surface area contributed by atoms with Crippen LogP contribution in [0, 0.1) is 5.41 Å². The number of benzene rings is 2. The van der Waals surface area contributed by atoms with Crippen molar-refractivity contribution < 1.29 is 0 Å². The Bertz CT molecular complexity index is 500. The number of hydrogen-bond acceptors (Lipinski definition) is 0. The van der Waals surface area contributed by atoms with Crippen molar-refractivity contribution in [1.82, 2.24) is 0 Å². The molecule has 0 atom stereocenters. The van der Waals surface area contributed by atoms with Crippen LogP contribution in [0.4, 0.5) is 0 Å². The van der Waals surface area contributed by atoms with Crippen molar-refractivity contribution in [2.75, 3.05) is 0 Å². The fraction of sp³-hybridized carbons (Fsp3) is 0.294. The van der Waals surface area contributed by atoms with Crippen molar-refractivity contribution in [1.29, 1.82) is 0 Å². The number of fused-ring (bicyclic) bond motifs is 3. The molecule has 1 aliphatic rings. The molecule has 0 saturated carbocycles. The molecule has 0 aromatic heterocycles. The van der Waals surface area contributed by atoms with Gasteiger partial charge in [0, 0.05) is 0 Å². The van der Waals surface area contributed by atoms with E-state index in [1.54, 1.807) is 0 Å². The molecule has 2 aromatic rings. The van der Waals surface area contributed by atoms with Crippen LogP contribution in [-0.2, 0) is 12.8 Å². The molecule has 2 aromatic carbocycles. The molecule has 0 heteroatoms. The Balaban J connectivity index is 2.28. The van der Waals surface area contributed by atoms with Crippen LogP contribution in [0.15, 0.2) is 48.5 Å². The van der Waals surface area contributed by atoms with Crippen LogP contribution >= 0.6 is 0 Å². The van der Waals surface area contributed by atoms with Crippen molar-refractivity contribution in [2.24, 2.45) is 5.41 Å². The summed E-state index contributed by atoms with van der Waals surface area (Å²) in [6.07, 6.45) is 2.33. The first kappa shape index (κ1) is 10.6. The molecule has 17 heavy (non-hydrogen) atoms. The topological polar surface area (TPSA) is 0 Å². The summed E-state index contributed by atoms with van der Waals surface area (Å²) in [5.74, 6) is 0. The summed E-state index contributed by atoms with van der Waals surface area (Å²) in [6.45, 7) is 4.73. The van der Waals surface area contributed by atoms with E-state index in [1.165, 1.54) is 22.3 Å². The van der Waals surface area contributed by atoms with Gasteiger partial charge in [-0.15, -0.1) is 0 Å². The maximum atomic E-state index is 2.37. The van der Waals surface area contributed by atoms with Gasteiger partial charge in [0.05, 0.1) is 0 Å². The highest BCUT2D eigenvalue weighted by Crippen LogP contribution is 2.39. The Labute approximate surface area is 103 Å². The average molecular weight is 222 g/mol. The summed E-state index contributed by atoms with van der Waals surface area (Å²) in [7, 11) is 0. The van der Waals surface area contributed by atoms with Crippen molar-refractivity contribution >= 4 is 0 Å². The molecule has 0 radical (unpaired) electrons. The van der Waals surface area contributed by atoms with E-state index in [0.717, 1.165) is 12.8 Å². The van der Waals surface area contributed by atoms with Gasteiger partial charge in [-0.2, -0.15) is 0 Å². The maximum Gasteiger partial charge on any atom is -0.0149 e. The summed E-state index contributed by atoms with van der Waals surface area (Å²) in [4.78, 5) is 0. The first-order chi connectivity index (χ1) is 8.16. The SMILES string of the molecule is CC1(C)Cc2ccccc2-c2ccccc2C1. The highest BCUT2D eigenvalue weighted by molar-refractivity contribution is 5.71. The summed E-state index contributed by atoms with van der Waals surface area (Å²) < 4.78 is 0. The van der Waals surface area contributed by atoms with Crippen molar-refractivity contribution in [3.63, 3.8) is 0 Å². The molecule has 0 unspecified atom stereocenters. The predicted octanol–water partition coefficient (Wildman–Crippen LogP) is 4.48. The molecule has 0 fully saturated rings. The van der Waals surface area contributed by atoms with E-state index in [2.05, 4.69) is 62.4 Å². The molecule has 0 bridgehead atoms. The Hall–Kier alpha value is -1.56. The van der Waals surface area contributed by atoms with Gasteiger partial charge in [0.25, 0.3) is 0 Å². The van der Waals surface area contributed by atoms with Gasteiger partial charge in [0.15, 0.2) is 0 Å². The Kier molecular flexibility index (Phi) is 2.32. The van der Waals surface area contributed by atoms with Crippen LogP contribution in [0.2, 0.25) is 0 Å². The van der Waals surface area contributed by atoms with Crippen LogP contribution in [0.25, 0.3) is 11.1 Å². The van der Waals surface area contributed by atoms with Crippen LogP contribution in [0.1, 0.15) is 25.0 Å². The summed E-state index contributed by atoms with van der Waals surface area (Å²) >= 11 is 0. The van der Waals surface area contributed by atoms with E-state index in [1.807, 2.05) is 0 Å². The lowest BCUT2D eigenvalue weighted by Gasteiger charge is -2.23. The third-order valence-corrected chi connectivity index (χ3v) is 3.66. The zero-order valence-electron chi connectivity index (χ0n) is 10.5. The highest BCUT2D eigenvalue weighted by Gasteiger charge is 2.25. The van der Waals surface area contributed by atoms with E-state index in [9.17, 15) is 0 Å². The van der Waals surface area contributed by atoms with Crippen LogP contribution in [-0.4, -0.2) is 0 Å². The fourth-order valence-electron chi connectivity index (χ4n) is 2.97. The molecule has 0 heterocycles. The molecule has 86 valence electrons. The summed E-state index contributed by atoms with van der Waals surface area (Å²) in [5.41, 5.74) is 6.18. The van der Waals surface area contributed by atoms with E-state index < -0.39 is 0 Å². The lowest BCUT2D eigenvalue weighted by Crippen LogP contribution is -2.16. The van der Waals surface area contributed by atoms with Crippen LogP contribution in [0.3, 0.4) is 0 Å². The Morgan fingerprint density at radius 3 is 1.59 bits per heavy atom. The molecule has 1 aliphatic carbocycles. The molecule has 0 nitrogen and oxygen atoms in total. The fourth-order valence-corrected chi connectivity index (χ4v) is 2.97. The lowest BCUT2D eigenvalue weighted by atomic mass is 9.82. The molecule has 0 saturated heterocycles. The average Bonchev–Trinajstić information content (AvgIpc) is 2.40. The van der Waals surface area contributed by atoms with E-state index in [0.29, 0.717) is 5.41 Å². The molecular weight excluding hydrogens is 204 g/mol. The van der Waals surface area contributed by atoms with Gasteiger partial charge in [-0.1, -0.05) is 62.4 Å². The quantitative estimate of drug-likeness (QED) is 0.616. The van der Waals surface area contributed by atoms with Crippen LogP contribution < -0.4 is 0 Å². The first-order valence-corrected chi connectivity index (χ1v) is 6.32. The lowest BCUT2D eigenvalue weighted by molar-refractivity contribution is 0.364. The molecular formula is C17H18. The Morgan fingerprint density at radius 1 is 0.706 bits per heavy atom. The van der Waals surface area contributed by atoms with Crippen molar-refractivity contribution in [2.45, 2.75) is 26.7 Å². The van der Waals surface area contributed by atoms with Crippen molar-refractivity contribution in [3.05, 3.63) is 59.7 Å². The minimum Gasteiger partial charge on any atom is -0.0620 e. The molecule has 0 spiro atoms.